The van der Waals surface area contributed by atoms with Gasteiger partial charge in [-0.1, -0.05) is 150 Å². The van der Waals surface area contributed by atoms with Gasteiger partial charge in [0, 0.05) is 12.8 Å². The van der Waals surface area contributed by atoms with Crippen LogP contribution in [-0.4, -0.2) is 114 Å². The van der Waals surface area contributed by atoms with Crippen LogP contribution >= 0.6 is 15.6 Å². The molecule has 1 saturated carbocycles. The average molecular weight is 1010 g/mol. The topological polar surface area (TPSA) is 276 Å². The van der Waals surface area contributed by atoms with Crippen molar-refractivity contribution in [1.29, 1.82) is 0 Å². The number of aliphatic hydroxyl groups excluding tert-OH is 5. The molecule has 0 aromatic rings. The Hall–Kier alpha value is -2.86. The van der Waals surface area contributed by atoms with Gasteiger partial charge in [0.25, 0.3) is 0 Å². The number of esters is 2. The second kappa shape index (κ2) is 38.8. The molecule has 17 nitrogen and oxygen atoms in total. The van der Waals surface area contributed by atoms with Gasteiger partial charge in [-0.25, -0.2) is 9.13 Å². The minimum Gasteiger partial charge on any atom is -0.462 e. The minimum atomic E-state index is -5.38. The van der Waals surface area contributed by atoms with Crippen LogP contribution in [0.4, 0.5) is 0 Å². The monoisotopic (exact) mass is 1000 g/mol. The van der Waals surface area contributed by atoms with Gasteiger partial charge in [-0.15, -0.1) is 0 Å². The molecule has 0 saturated heterocycles. The molecule has 0 aliphatic heterocycles. The second-order valence-electron chi connectivity index (χ2n) is 16.7. The molecule has 68 heavy (non-hydrogen) atoms. The number of hydrogen-bond donors (Lipinski definition) is 8. The number of phosphoric ester groups is 2. The maximum atomic E-state index is 13.0. The van der Waals surface area contributed by atoms with Crippen molar-refractivity contribution in [1.82, 2.24) is 0 Å². The van der Waals surface area contributed by atoms with E-state index in [4.69, 9.17) is 18.5 Å². The highest BCUT2D eigenvalue weighted by molar-refractivity contribution is 7.47. The number of carbonyl (C=O) groups excluding carboxylic acids is 2. The van der Waals surface area contributed by atoms with E-state index in [0.717, 1.165) is 51.4 Å². The first kappa shape index (κ1) is 63.2. The molecule has 0 bridgehead atoms. The van der Waals surface area contributed by atoms with Crippen molar-refractivity contribution in [2.75, 3.05) is 13.2 Å². The Balaban J connectivity index is 2.69. The Bertz CT molecular complexity index is 1650. The molecule has 390 valence electrons. The molecule has 1 aliphatic rings. The van der Waals surface area contributed by atoms with E-state index in [9.17, 15) is 58.9 Å². The van der Waals surface area contributed by atoms with Crippen LogP contribution in [0.1, 0.15) is 149 Å². The van der Waals surface area contributed by atoms with E-state index >= 15 is 0 Å². The molecule has 1 rings (SSSR count). The van der Waals surface area contributed by atoms with Gasteiger partial charge in [-0.3, -0.25) is 23.2 Å². The number of hydrogen-bond acceptors (Lipinski definition) is 14. The van der Waals surface area contributed by atoms with Crippen LogP contribution in [0.5, 0.6) is 0 Å². The fourth-order valence-corrected chi connectivity index (χ4v) is 8.27. The Morgan fingerprint density at radius 3 is 1.60 bits per heavy atom. The number of phosphoric acid groups is 2. The van der Waals surface area contributed by atoms with Gasteiger partial charge in [-0.2, -0.15) is 0 Å². The van der Waals surface area contributed by atoms with Crippen LogP contribution in [0, 0.1) is 0 Å². The van der Waals surface area contributed by atoms with Crippen molar-refractivity contribution in [2.24, 2.45) is 0 Å². The molecular weight excluding hydrogens is 922 g/mol. The molecule has 0 spiro atoms. The van der Waals surface area contributed by atoms with Crippen molar-refractivity contribution in [2.45, 2.75) is 198 Å². The lowest BCUT2D eigenvalue weighted by atomic mass is 9.85. The molecule has 1 fully saturated rings. The van der Waals surface area contributed by atoms with Gasteiger partial charge in [0.1, 0.15) is 43.2 Å². The summed E-state index contributed by atoms with van der Waals surface area (Å²) < 4.78 is 49.2. The summed E-state index contributed by atoms with van der Waals surface area (Å²) in [7, 11) is -10.7. The van der Waals surface area contributed by atoms with Crippen molar-refractivity contribution in [3.05, 3.63) is 85.1 Å². The number of rotatable bonds is 39. The highest BCUT2D eigenvalue weighted by Gasteiger charge is 2.54. The minimum absolute atomic E-state index is 0.0238. The fraction of sp³-hybridized carbons (Fsp3) is 0.673. The van der Waals surface area contributed by atoms with E-state index in [1.807, 2.05) is 54.7 Å². The highest BCUT2D eigenvalue weighted by Crippen LogP contribution is 2.49. The van der Waals surface area contributed by atoms with Gasteiger partial charge in [0.15, 0.2) is 6.10 Å². The van der Waals surface area contributed by atoms with E-state index in [2.05, 4.69) is 42.7 Å². The standard InChI is InChI=1S/C49H82O17P2/c1-3-5-7-8-9-10-11-12-13-14-15-16-19-22-25-28-32-36-42(51)62-38-41(39-63-68(60,61)66-49-46(55)44(53)45(54)48(47(49)56)65-67(57,58)59)64-43(52)37-33-29-26-23-20-17-18-21-24-27-31-35-40(50)34-30-6-4-2/h12-13,15-18,22-27,31,35,40-41,44-50,53-56H,3-11,14,19-21,28-30,32-34,36-39H2,1-2H3,(H,60,61)(H2,57,58,59)/b13-12-,16-15-,18-17-,25-22-,26-23-,27-24-,35-31+/t40-,41+,44?,45?,46?,47?,48+,49-/m0/s1. The summed E-state index contributed by atoms with van der Waals surface area (Å²) in [4.78, 5) is 54.3. The second-order valence-corrected chi connectivity index (χ2v) is 19.3. The lowest BCUT2D eigenvalue weighted by molar-refractivity contribution is -0.216. The normalized spacial score (nSPS) is 22.4. The van der Waals surface area contributed by atoms with E-state index in [0.29, 0.717) is 32.1 Å². The number of allylic oxidation sites excluding steroid dienone is 13. The van der Waals surface area contributed by atoms with Gasteiger partial charge < -0.3 is 49.7 Å². The average Bonchev–Trinajstić information content (AvgIpc) is 3.29. The van der Waals surface area contributed by atoms with Crippen LogP contribution in [-0.2, 0) is 41.8 Å². The Morgan fingerprint density at radius 1 is 0.544 bits per heavy atom. The summed E-state index contributed by atoms with van der Waals surface area (Å²) in [6.45, 7) is 2.88. The summed E-state index contributed by atoms with van der Waals surface area (Å²) in [6, 6.07) is 0. The van der Waals surface area contributed by atoms with Crippen molar-refractivity contribution in [3.8, 4) is 0 Å². The molecule has 0 heterocycles. The molecule has 0 aromatic heterocycles. The summed E-state index contributed by atoms with van der Waals surface area (Å²) >= 11 is 0. The molecule has 5 unspecified atom stereocenters. The zero-order valence-electron chi connectivity index (χ0n) is 40.1. The van der Waals surface area contributed by atoms with Crippen LogP contribution in [0.15, 0.2) is 85.1 Å². The van der Waals surface area contributed by atoms with E-state index in [1.165, 1.54) is 38.5 Å². The fourth-order valence-electron chi connectivity index (χ4n) is 6.73. The number of aliphatic hydroxyl groups is 5. The molecule has 0 amide bonds. The first-order chi connectivity index (χ1) is 32.5. The van der Waals surface area contributed by atoms with Crippen LogP contribution in [0.2, 0.25) is 0 Å². The quantitative estimate of drug-likeness (QED) is 0.00944. The van der Waals surface area contributed by atoms with Gasteiger partial charge in [-0.05, 0) is 70.6 Å². The van der Waals surface area contributed by atoms with E-state index < -0.39 is 89.6 Å². The Morgan fingerprint density at radius 2 is 1.03 bits per heavy atom. The smallest absolute Gasteiger partial charge is 0.462 e. The van der Waals surface area contributed by atoms with Gasteiger partial charge in [0.05, 0.1) is 12.7 Å². The van der Waals surface area contributed by atoms with E-state index in [1.54, 1.807) is 6.08 Å². The van der Waals surface area contributed by atoms with Crippen LogP contribution < -0.4 is 0 Å². The summed E-state index contributed by atoms with van der Waals surface area (Å²) in [5.41, 5.74) is 0. The molecule has 19 heteroatoms. The molecule has 0 radical (unpaired) electrons. The first-order valence-corrected chi connectivity index (χ1v) is 27.3. The number of ether oxygens (including phenoxy) is 2. The van der Waals surface area contributed by atoms with Crippen LogP contribution in [0.3, 0.4) is 0 Å². The maximum absolute atomic E-state index is 13.0. The SMILES string of the molecule is CCCCCCCC/C=C\C/C=C\C/C=C\CCCC(=O)OC[C@H](COP(=O)(O)O[C@H]1C(O)C(O)C(O)[C@@H](OP(=O)(O)O)C1O)OC(=O)CCC/C=C\C/C=C\C/C=C\C=C\[C@@H](O)CCCCC. The highest BCUT2D eigenvalue weighted by atomic mass is 31.2. The number of carbonyl (C=O) groups is 2. The lowest BCUT2D eigenvalue weighted by Gasteiger charge is -2.43. The third-order valence-corrected chi connectivity index (χ3v) is 12.0. The molecule has 1 aliphatic carbocycles. The Kier molecular flexibility index (Phi) is 36.1. The maximum Gasteiger partial charge on any atom is 0.472 e. The van der Waals surface area contributed by atoms with E-state index in [-0.39, 0.29) is 12.8 Å². The number of unbranched alkanes of at least 4 members (excludes halogenated alkanes) is 10. The largest absolute Gasteiger partial charge is 0.472 e. The zero-order valence-corrected chi connectivity index (χ0v) is 41.9. The first-order valence-electron chi connectivity index (χ1n) is 24.2. The molecule has 9 atom stereocenters. The predicted octanol–water partition coefficient (Wildman–Crippen LogP) is 8.36. The summed E-state index contributed by atoms with van der Waals surface area (Å²) in [5.74, 6) is -1.37. The summed E-state index contributed by atoms with van der Waals surface area (Å²) in [6.07, 6.45) is 30.2. The third kappa shape index (κ3) is 32.9. The van der Waals surface area contributed by atoms with Crippen LogP contribution in [0.25, 0.3) is 0 Å². The molecular formula is C49H82O17P2. The molecule has 0 aromatic carbocycles. The third-order valence-electron chi connectivity index (χ3n) is 10.5. The summed E-state index contributed by atoms with van der Waals surface area (Å²) in [5, 5.41) is 51.2. The Labute approximate surface area is 404 Å². The van der Waals surface area contributed by atoms with Gasteiger partial charge >= 0.3 is 27.6 Å². The van der Waals surface area contributed by atoms with Crippen molar-refractivity contribution < 1.29 is 82.0 Å². The van der Waals surface area contributed by atoms with Crippen molar-refractivity contribution in [3.63, 3.8) is 0 Å². The van der Waals surface area contributed by atoms with Gasteiger partial charge in [0.2, 0.25) is 0 Å². The molecule has 8 N–H and O–H groups in total. The predicted molar refractivity (Wildman–Crippen MR) is 261 cm³/mol. The zero-order chi connectivity index (χ0) is 50.5. The van der Waals surface area contributed by atoms with Crippen molar-refractivity contribution >= 4 is 27.6 Å². The lowest BCUT2D eigenvalue weighted by Crippen LogP contribution is -2.64.